The summed E-state index contributed by atoms with van der Waals surface area (Å²) in [5.41, 5.74) is 3.45. The van der Waals surface area contributed by atoms with E-state index in [1.54, 1.807) is 0 Å². The third kappa shape index (κ3) is 3.87. The molecule has 1 rings (SSSR count). The van der Waals surface area contributed by atoms with E-state index >= 15 is 0 Å². The molecule has 0 radical (unpaired) electrons. The van der Waals surface area contributed by atoms with Gasteiger partial charge in [0.25, 0.3) is 0 Å². The molecule has 0 aromatic heterocycles. The van der Waals surface area contributed by atoms with Crippen LogP contribution in [0.3, 0.4) is 0 Å². The largest absolute Gasteiger partial charge is 0.481 e. The Morgan fingerprint density at radius 1 is 1.17 bits per heavy atom. The number of carboxylic acids is 1. The van der Waals surface area contributed by atoms with E-state index in [9.17, 15) is 9.59 Å². The molecule has 0 aliphatic heterocycles. The standard InChI is InChI=1S/C14H18O4/c1-9-7-10(2)13(11(3)8-9)14(17)18-6-4-5-12(15)16/h7-8H,4-6H2,1-3H3,(H,15,16). The Balaban J connectivity index is 2.65. The summed E-state index contributed by atoms with van der Waals surface area (Å²) in [4.78, 5) is 22.2. The number of benzene rings is 1. The van der Waals surface area contributed by atoms with Gasteiger partial charge in [-0.05, 0) is 38.3 Å². The van der Waals surface area contributed by atoms with Gasteiger partial charge in [-0.1, -0.05) is 17.7 Å². The Labute approximate surface area is 107 Å². The molecule has 0 saturated heterocycles. The van der Waals surface area contributed by atoms with Gasteiger partial charge in [-0.3, -0.25) is 4.79 Å². The monoisotopic (exact) mass is 250 g/mol. The maximum absolute atomic E-state index is 11.9. The van der Waals surface area contributed by atoms with Crippen LogP contribution in [0.2, 0.25) is 0 Å². The van der Waals surface area contributed by atoms with E-state index in [0.717, 1.165) is 16.7 Å². The highest BCUT2D eigenvalue weighted by atomic mass is 16.5. The van der Waals surface area contributed by atoms with E-state index in [1.807, 2.05) is 32.9 Å². The van der Waals surface area contributed by atoms with E-state index in [1.165, 1.54) is 0 Å². The van der Waals surface area contributed by atoms with Crippen LogP contribution in [0.15, 0.2) is 12.1 Å². The number of hydrogen-bond acceptors (Lipinski definition) is 3. The molecule has 0 aliphatic carbocycles. The number of carbonyl (C=O) groups is 2. The number of rotatable bonds is 5. The number of hydrogen-bond donors (Lipinski definition) is 1. The smallest absolute Gasteiger partial charge is 0.338 e. The first-order chi connectivity index (χ1) is 8.41. The van der Waals surface area contributed by atoms with Gasteiger partial charge < -0.3 is 9.84 Å². The molecule has 0 bridgehead atoms. The summed E-state index contributed by atoms with van der Waals surface area (Å²) < 4.78 is 5.08. The first kappa shape index (κ1) is 14.2. The Hall–Kier alpha value is -1.84. The summed E-state index contributed by atoms with van der Waals surface area (Å²) in [6.07, 6.45) is 0.351. The Bertz CT molecular complexity index is 440. The van der Waals surface area contributed by atoms with Gasteiger partial charge in [-0.25, -0.2) is 4.79 Å². The normalized spacial score (nSPS) is 10.2. The lowest BCUT2D eigenvalue weighted by molar-refractivity contribution is -0.137. The van der Waals surface area contributed by atoms with E-state index in [2.05, 4.69) is 0 Å². The first-order valence-electron chi connectivity index (χ1n) is 5.88. The topological polar surface area (TPSA) is 63.6 Å². The number of esters is 1. The summed E-state index contributed by atoms with van der Waals surface area (Å²) >= 11 is 0. The average molecular weight is 250 g/mol. The maximum Gasteiger partial charge on any atom is 0.338 e. The summed E-state index contributed by atoms with van der Waals surface area (Å²) in [6, 6.07) is 3.86. The van der Waals surface area contributed by atoms with Crippen LogP contribution in [-0.4, -0.2) is 23.7 Å². The summed E-state index contributed by atoms with van der Waals surface area (Å²) in [5, 5.41) is 8.47. The van der Waals surface area contributed by atoms with Crippen molar-refractivity contribution in [3.05, 3.63) is 34.4 Å². The Kier molecular flexibility index (Phi) is 4.89. The maximum atomic E-state index is 11.9. The minimum Gasteiger partial charge on any atom is -0.481 e. The molecule has 0 atom stereocenters. The molecule has 0 aliphatic rings. The number of carbonyl (C=O) groups excluding carboxylic acids is 1. The van der Waals surface area contributed by atoms with Crippen molar-refractivity contribution in [3.63, 3.8) is 0 Å². The predicted molar refractivity (Wildman–Crippen MR) is 67.8 cm³/mol. The number of aliphatic carboxylic acids is 1. The van der Waals surface area contributed by atoms with Gasteiger partial charge in [-0.15, -0.1) is 0 Å². The molecule has 4 heteroatoms. The molecule has 0 fully saturated rings. The van der Waals surface area contributed by atoms with E-state index in [0.29, 0.717) is 12.0 Å². The fraction of sp³-hybridized carbons (Fsp3) is 0.429. The van der Waals surface area contributed by atoms with Crippen molar-refractivity contribution >= 4 is 11.9 Å². The minimum atomic E-state index is -0.881. The summed E-state index contributed by atoms with van der Waals surface area (Å²) in [5.74, 6) is -1.26. The van der Waals surface area contributed by atoms with E-state index in [4.69, 9.17) is 9.84 Å². The Morgan fingerprint density at radius 3 is 2.22 bits per heavy atom. The van der Waals surface area contributed by atoms with Gasteiger partial charge in [0.15, 0.2) is 0 Å². The van der Waals surface area contributed by atoms with Gasteiger partial charge >= 0.3 is 11.9 Å². The zero-order chi connectivity index (χ0) is 13.7. The van der Waals surface area contributed by atoms with Crippen molar-refractivity contribution in [3.8, 4) is 0 Å². The lowest BCUT2D eigenvalue weighted by atomic mass is 10.00. The number of aryl methyl sites for hydroxylation is 3. The van der Waals surface area contributed by atoms with Crippen molar-refractivity contribution in [2.24, 2.45) is 0 Å². The molecule has 1 aromatic rings. The number of carboxylic acid groups (broad SMARTS) is 1. The van der Waals surface area contributed by atoms with Crippen molar-refractivity contribution in [1.82, 2.24) is 0 Å². The fourth-order valence-electron chi connectivity index (χ4n) is 1.96. The van der Waals surface area contributed by atoms with E-state index in [-0.39, 0.29) is 19.0 Å². The van der Waals surface area contributed by atoms with Gasteiger partial charge in [0.05, 0.1) is 12.2 Å². The van der Waals surface area contributed by atoms with Gasteiger partial charge in [0.1, 0.15) is 0 Å². The van der Waals surface area contributed by atoms with Crippen LogP contribution in [0.25, 0.3) is 0 Å². The van der Waals surface area contributed by atoms with Crippen molar-refractivity contribution < 1.29 is 19.4 Å². The first-order valence-corrected chi connectivity index (χ1v) is 5.88. The third-order valence-electron chi connectivity index (χ3n) is 2.65. The second-order valence-corrected chi connectivity index (χ2v) is 4.41. The van der Waals surface area contributed by atoms with Crippen molar-refractivity contribution in [2.45, 2.75) is 33.6 Å². The second-order valence-electron chi connectivity index (χ2n) is 4.41. The quantitative estimate of drug-likeness (QED) is 0.644. The van der Waals surface area contributed by atoms with Crippen LogP contribution < -0.4 is 0 Å². The zero-order valence-electron chi connectivity index (χ0n) is 10.9. The fourth-order valence-corrected chi connectivity index (χ4v) is 1.96. The highest BCUT2D eigenvalue weighted by molar-refractivity contribution is 5.92. The van der Waals surface area contributed by atoms with Crippen molar-refractivity contribution in [2.75, 3.05) is 6.61 Å². The van der Waals surface area contributed by atoms with Gasteiger partial charge in [0, 0.05) is 6.42 Å². The predicted octanol–water partition coefficient (Wildman–Crippen LogP) is 2.63. The Morgan fingerprint density at radius 2 is 1.72 bits per heavy atom. The van der Waals surface area contributed by atoms with Gasteiger partial charge in [-0.2, -0.15) is 0 Å². The molecule has 1 aromatic carbocycles. The molecular formula is C14H18O4. The summed E-state index contributed by atoms with van der Waals surface area (Å²) in [6.45, 7) is 5.85. The molecular weight excluding hydrogens is 232 g/mol. The SMILES string of the molecule is Cc1cc(C)c(C(=O)OCCCC(=O)O)c(C)c1. The molecule has 0 unspecified atom stereocenters. The molecule has 0 saturated carbocycles. The van der Waals surface area contributed by atoms with Crippen LogP contribution in [0.4, 0.5) is 0 Å². The number of ether oxygens (including phenoxy) is 1. The van der Waals surface area contributed by atoms with Crippen LogP contribution >= 0.6 is 0 Å². The minimum absolute atomic E-state index is 0.0130. The zero-order valence-corrected chi connectivity index (χ0v) is 10.9. The second kappa shape index (κ2) is 6.19. The third-order valence-corrected chi connectivity index (χ3v) is 2.65. The molecule has 4 nitrogen and oxygen atoms in total. The lowest BCUT2D eigenvalue weighted by Crippen LogP contribution is -2.11. The average Bonchev–Trinajstić information content (AvgIpc) is 2.22. The van der Waals surface area contributed by atoms with Crippen LogP contribution in [0.5, 0.6) is 0 Å². The molecule has 0 spiro atoms. The van der Waals surface area contributed by atoms with Crippen LogP contribution in [-0.2, 0) is 9.53 Å². The molecule has 18 heavy (non-hydrogen) atoms. The van der Waals surface area contributed by atoms with E-state index < -0.39 is 5.97 Å². The van der Waals surface area contributed by atoms with Gasteiger partial charge in [0.2, 0.25) is 0 Å². The van der Waals surface area contributed by atoms with Crippen LogP contribution in [0, 0.1) is 20.8 Å². The molecule has 1 N–H and O–H groups in total. The van der Waals surface area contributed by atoms with Crippen LogP contribution in [0.1, 0.15) is 39.9 Å². The molecule has 0 heterocycles. The summed E-state index contributed by atoms with van der Waals surface area (Å²) in [7, 11) is 0. The highest BCUT2D eigenvalue weighted by Gasteiger charge is 2.14. The lowest BCUT2D eigenvalue weighted by Gasteiger charge is -2.10. The highest BCUT2D eigenvalue weighted by Crippen LogP contribution is 2.17. The molecule has 98 valence electrons. The van der Waals surface area contributed by atoms with Crippen molar-refractivity contribution in [1.29, 1.82) is 0 Å². The molecule has 0 amide bonds.